The van der Waals surface area contributed by atoms with Crippen LogP contribution in [0, 0.1) is 0 Å². The van der Waals surface area contributed by atoms with Gasteiger partial charge in [0.15, 0.2) is 5.65 Å². The van der Waals surface area contributed by atoms with E-state index in [-0.39, 0.29) is 12.5 Å². The Hall–Kier alpha value is -3.22. The second kappa shape index (κ2) is 7.99. The zero-order valence-corrected chi connectivity index (χ0v) is 15.4. The first-order valence-electron chi connectivity index (χ1n) is 8.98. The minimum absolute atomic E-state index is 0.320. The van der Waals surface area contributed by atoms with Crippen molar-refractivity contribution in [3.8, 4) is 11.3 Å². The molecule has 7 nitrogen and oxygen atoms in total. The van der Waals surface area contributed by atoms with Gasteiger partial charge in [-0.3, -0.25) is 9.59 Å². The second-order valence-corrected chi connectivity index (χ2v) is 6.24. The topological polar surface area (TPSA) is 88.3 Å². The van der Waals surface area contributed by atoms with Gasteiger partial charge in [0, 0.05) is 18.7 Å². The highest BCUT2D eigenvalue weighted by molar-refractivity contribution is 6.07. The molecule has 2 heterocycles. The number of nitrogens with zero attached hydrogens (tertiary/aromatic N) is 4. The highest BCUT2D eigenvalue weighted by Crippen LogP contribution is 2.26. The average Bonchev–Trinajstić information content (AvgIpc) is 3.10. The molecule has 0 saturated carbocycles. The van der Waals surface area contributed by atoms with Crippen molar-refractivity contribution in [2.45, 2.75) is 26.8 Å². The van der Waals surface area contributed by atoms with Crippen LogP contribution in [-0.2, 0) is 11.3 Å². The highest BCUT2D eigenvalue weighted by Gasteiger charge is 2.23. The van der Waals surface area contributed by atoms with E-state index in [0.717, 1.165) is 5.56 Å². The van der Waals surface area contributed by atoms with E-state index in [1.165, 1.54) is 4.90 Å². The number of aryl methyl sites for hydroxylation is 1. The molecule has 0 spiro atoms. The van der Waals surface area contributed by atoms with Crippen LogP contribution in [-0.4, -0.2) is 49.7 Å². The van der Waals surface area contributed by atoms with E-state index in [2.05, 4.69) is 5.10 Å². The molecular formula is C20H22N4O3. The third-order valence-electron chi connectivity index (χ3n) is 4.32. The first-order chi connectivity index (χ1) is 13.0. The Morgan fingerprint density at radius 3 is 2.56 bits per heavy atom. The first-order valence-corrected chi connectivity index (χ1v) is 8.98. The maximum atomic E-state index is 13.2. The number of amides is 1. The van der Waals surface area contributed by atoms with E-state index in [4.69, 9.17) is 4.98 Å². The summed E-state index contributed by atoms with van der Waals surface area (Å²) in [6.07, 6.45) is 2.30. The van der Waals surface area contributed by atoms with E-state index >= 15 is 0 Å². The molecule has 140 valence electrons. The SMILES string of the molecule is CCCN(CC(=O)O)C(=O)c1cc(-c2ccccc2)nc2c1cnn2CC. The predicted molar refractivity (Wildman–Crippen MR) is 102 cm³/mol. The Balaban J connectivity index is 2.16. The van der Waals surface area contributed by atoms with Gasteiger partial charge in [0.1, 0.15) is 6.54 Å². The standard InChI is InChI=1S/C20H22N4O3/c1-3-10-23(13-18(25)26)20(27)15-11-17(14-8-6-5-7-9-14)22-19-16(15)12-21-24(19)4-2/h5-9,11-12H,3-4,10,13H2,1-2H3,(H,25,26). The lowest BCUT2D eigenvalue weighted by Gasteiger charge is -2.20. The average molecular weight is 366 g/mol. The number of carboxylic acids is 1. The van der Waals surface area contributed by atoms with Gasteiger partial charge in [0.05, 0.1) is 22.8 Å². The van der Waals surface area contributed by atoms with Gasteiger partial charge < -0.3 is 10.0 Å². The molecule has 7 heteroatoms. The summed E-state index contributed by atoms with van der Waals surface area (Å²) in [5, 5.41) is 14.1. The van der Waals surface area contributed by atoms with Crippen LogP contribution in [0.4, 0.5) is 0 Å². The van der Waals surface area contributed by atoms with Crippen molar-refractivity contribution in [1.82, 2.24) is 19.7 Å². The molecule has 0 aliphatic heterocycles. The number of aromatic nitrogens is 3. The first kappa shape index (κ1) is 18.6. The number of rotatable bonds is 7. The van der Waals surface area contributed by atoms with E-state index in [1.807, 2.05) is 44.2 Å². The number of carboxylic acid groups (broad SMARTS) is 1. The van der Waals surface area contributed by atoms with E-state index in [9.17, 15) is 14.7 Å². The van der Waals surface area contributed by atoms with Gasteiger partial charge >= 0.3 is 5.97 Å². The minimum atomic E-state index is -1.03. The van der Waals surface area contributed by atoms with E-state index in [1.54, 1.807) is 16.9 Å². The number of carbonyl (C=O) groups excluding carboxylic acids is 1. The third kappa shape index (κ3) is 3.81. The van der Waals surface area contributed by atoms with Crippen LogP contribution in [0.1, 0.15) is 30.6 Å². The van der Waals surface area contributed by atoms with Gasteiger partial charge in [0.2, 0.25) is 0 Å². The zero-order chi connectivity index (χ0) is 19.4. The number of carbonyl (C=O) groups is 2. The molecule has 0 aliphatic carbocycles. The van der Waals surface area contributed by atoms with Crippen LogP contribution < -0.4 is 0 Å². The minimum Gasteiger partial charge on any atom is -0.480 e. The number of fused-ring (bicyclic) bond motifs is 1. The summed E-state index contributed by atoms with van der Waals surface area (Å²) in [5.74, 6) is -1.35. The lowest BCUT2D eigenvalue weighted by Crippen LogP contribution is -2.36. The van der Waals surface area contributed by atoms with Crippen molar-refractivity contribution in [1.29, 1.82) is 0 Å². The molecule has 0 saturated heterocycles. The molecule has 0 unspecified atom stereocenters. The monoisotopic (exact) mass is 366 g/mol. The predicted octanol–water partition coefficient (Wildman–Crippen LogP) is 3.06. The number of aliphatic carboxylic acids is 1. The van der Waals surface area contributed by atoms with Gasteiger partial charge in [-0.05, 0) is 19.4 Å². The Labute approximate surface area is 157 Å². The molecule has 1 N–H and O–H groups in total. The van der Waals surface area contributed by atoms with Gasteiger partial charge in [-0.2, -0.15) is 5.10 Å². The normalized spacial score (nSPS) is 10.9. The summed E-state index contributed by atoms with van der Waals surface area (Å²) in [6, 6.07) is 11.3. The smallest absolute Gasteiger partial charge is 0.323 e. The summed E-state index contributed by atoms with van der Waals surface area (Å²) in [5.41, 5.74) is 2.59. The lowest BCUT2D eigenvalue weighted by atomic mass is 10.1. The molecule has 3 rings (SSSR count). The van der Waals surface area contributed by atoms with Crippen LogP contribution in [0.3, 0.4) is 0 Å². The molecule has 0 aliphatic rings. The Kier molecular flexibility index (Phi) is 5.49. The van der Waals surface area contributed by atoms with Gasteiger partial charge in [-0.1, -0.05) is 37.3 Å². The van der Waals surface area contributed by atoms with Crippen LogP contribution in [0.25, 0.3) is 22.3 Å². The molecule has 0 radical (unpaired) electrons. The maximum Gasteiger partial charge on any atom is 0.323 e. The molecule has 0 atom stereocenters. The summed E-state index contributed by atoms with van der Waals surface area (Å²) in [4.78, 5) is 30.4. The molecule has 1 amide bonds. The largest absolute Gasteiger partial charge is 0.480 e. The number of pyridine rings is 1. The van der Waals surface area contributed by atoms with Crippen LogP contribution in [0.15, 0.2) is 42.6 Å². The fraction of sp³-hybridized carbons (Fsp3) is 0.300. The summed E-state index contributed by atoms with van der Waals surface area (Å²) in [7, 11) is 0. The summed E-state index contributed by atoms with van der Waals surface area (Å²) >= 11 is 0. The van der Waals surface area contributed by atoms with Crippen molar-refractivity contribution in [3.63, 3.8) is 0 Å². The Morgan fingerprint density at radius 2 is 1.93 bits per heavy atom. The molecular weight excluding hydrogens is 344 g/mol. The molecule has 27 heavy (non-hydrogen) atoms. The third-order valence-corrected chi connectivity index (χ3v) is 4.32. The molecule has 3 aromatic rings. The van der Waals surface area contributed by atoms with Gasteiger partial charge in [-0.15, -0.1) is 0 Å². The maximum absolute atomic E-state index is 13.2. The van der Waals surface area contributed by atoms with Crippen molar-refractivity contribution >= 4 is 22.9 Å². The van der Waals surface area contributed by atoms with Crippen molar-refractivity contribution < 1.29 is 14.7 Å². The Morgan fingerprint density at radius 1 is 1.19 bits per heavy atom. The van der Waals surface area contributed by atoms with E-state index in [0.29, 0.717) is 41.8 Å². The van der Waals surface area contributed by atoms with Crippen LogP contribution in [0.5, 0.6) is 0 Å². The van der Waals surface area contributed by atoms with Crippen LogP contribution in [0.2, 0.25) is 0 Å². The molecule has 0 bridgehead atoms. The quantitative estimate of drug-likeness (QED) is 0.694. The summed E-state index contributed by atoms with van der Waals surface area (Å²) in [6.45, 7) is 4.53. The van der Waals surface area contributed by atoms with Crippen molar-refractivity contribution in [3.05, 3.63) is 48.2 Å². The van der Waals surface area contributed by atoms with E-state index < -0.39 is 5.97 Å². The van der Waals surface area contributed by atoms with Crippen molar-refractivity contribution in [2.24, 2.45) is 0 Å². The zero-order valence-electron chi connectivity index (χ0n) is 15.4. The highest BCUT2D eigenvalue weighted by atomic mass is 16.4. The van der Waals surface area contributed by atoms with Gasteiger partial charge in [0.25, 0.3) is 5.91 Å². The molecule has 0 fully saturated rings. The fourth-order valence-corrected chi connectivity index (χ4v) is 3.07. The molecule has 1 aromatic carbocycles. The Bertz CT molecular complexity index is 966. The number of hydrogen-bond acceptors (Lipinski definition) is 4. The van der Waals surface area contributed by atoms with Gasteiger partial charge in [-0.25, -0.2) is 9.67 Å². The molecule has 2 aromatic heterocycles. The van der Waals surface area contributed by atoms with Crippen molar-refractivity contribution in [2.75, 3.05) is 13.1 Å². The second-order valence-electron chi connectivity index (χ2n) is 6.24. The lowest BCUT2D eigenvalue weighted by molar-refractivity contribution is -0.137. The van der Waals surface area contributed by atoms with Crippen LogP contribution >= 0.6 is 0 Å². The number of benzene rings is 1. The fourth-order valence-electron chi connectivity index (χ4n) is 3.07. The summed E-state index contributed by atoms with van der Waals surface area (Å²) < 4.78 is 1.74. The number of hydrogen-bond donors (Lipinski definition) is 1.